The Labute approximate surface area is 174 Å². The summed E-state index contributed by atoms with van der Waals surface area (Å²) in [6, 6.07) is 13.7. The first-order valence-electron chi connectivity index (χ1n) is 10.2. The Balaban J connectivity index is 1.35. The number of aromatic nitrogens is 4. The van der Waals surface area contributed by atoms with E-state index in [1.54, 1.807) is 23.9 Å². The molecule has 3 aromatic rings. The fourth-order valence-electron chi connectivity index (χ4n) is 4.58. The quantitative estimate of drug-likeness (QED) is 0.684. The van der Waals surface area contributed by atoms with Gasteiger partial charge in [-0.15, -0.1) is 0 Å². The number of fused-ring (bicyclic) bond motifs is 2. The molecule has 2 aliphatic heterocycles. The number of benzene rings is 1. The SMILES string of the molecule is Cn1c(N2CC3C[C@H]2CN3C[C@@H](O)c2ccccc2)nc(-c2ccncn2)cc1=O. The second-order valence-corrected chi connectivity index (χ2v) is 8.01. The minimum atomic E-state index is -0.498. The van der Waals surface area contributed by atoms with Gasteiger partial charge in [0.15, 0.2) is 0 Å². The van der Waals surface area contributed by atoms with Crippen LogP contribution in [0.15, 0.2) is 59.8 Å². The molecule has 8 nitrogen and oxygen atoms in total. The number of nitrogens with zero attached hydrogens (tertiary/aromatic N) is 6. The number of piperazine rings is 1. The van der Waals surface area contributed by atoms with Gasteiger partial charge in [-0.1, -0.05) is 30.3 Å². The van der Waals surface area contributed by atoms with Crippen LogP contribution in [0.1, 0.15) is 18.1 Å². The van der Waals surface area contributed by atoms with Crippen molar-refractivity contribution in [2.75, 3.05) is 24.5 Å². The van der Waals surface area contributed by atoms with Crippen molar-refractivity contribution in [1.29, 1.82) is 0 Å². The molecule has 154 valence electrons. The molecule has 1 N–H and O–H groups in total. The number of likely N-dealkylation sites (tertiary alicyclic amines) is 1. The zero-order valence-electron chi connectivity index (χ0n) is 16.8. The molecule has 2 saturated heterocycles. The van der Waals surface area contributed by atoms with Gasteiger partial charge in [0.25, 0.3) is 5.56 Å². The number of hydrogen-bond acceptors (Lipinski definition) is 7. The van der Waals surface area contributed by atoms with Gasteiger partial charge in [-0.05, 0) is 18.1 Å². The van der Waals surface area contributed by atoms with Crippen LogP contribution in [-0.4, -0.2) is 61.2 Å². The molecule has 2 bridgehead atoms. The Morgan fingerprint density at radius 1 is 1.13 bits per heavy atom. The fourth-order valence-corrected chi connectivity index (χ4v) is 4.58. The zero-order chi connectivity index (χ0) is 20.7. The number of β-amino-alcohol motifs (C(OH)–C–C–N with tert-alkyl or cyclic N) is 1. The second-order valence-electron chi connectivity index (χ2n) is 8.01. The highest BCUT2D eigenvalue weighted by molar-refractivity contribution is 5.55. The third-order valence-electron chi connectivity index (χ3n) is 6.16. The monoisotopic (exact) mass is 404 g/mol. The predicted molar refractivity (Wildman–Crippen MR) is 113 cm³/mol. The van der Waals surface area contributed by atoms with Crippen molar-refractivity contribution in [1.82, 2.24) is 24.4 Å². The Morgan fingerprint density at radius 2 is 1.97 bits per heavy atom. The van der Waals surface area contributed by atoms with Crippen LogP contribution >= 0.6 is 0 Å². The van der Waals surface area contributed by atoms with Crippen LogP contribution in [0.4, 0.5) is 5.95 Å². The molecular weight excluding hydrogens is 380 g/mol. The molecule has 1 aromatic carbocycles. The van der Waals surface area contributed by atoms with E-state index in [1.165, 1.54) is 12.4 Å². The van der Waals surface area contributed by atoms with Gasteiger partial charge in [-0.25, -0.2) is 15.0 Å². The molecule has 30 heavy (non-hydrogen) atoms. The normalized spacial score (nSPS) is 21.9. The first-order valence-corrected chi connectivity index (χ1v) is 10.2. The molecular formula is C22H24N6O2. The summed E-state index contributed by atoms with van der Waals surface area (Å²) in [6.45, 7) is 2.26. The van der Waals surface area contributed by atoms with E-state index in [1.807, 2.05) is 30.3 Å². The van der Waals surface area contributed by atoms with Gasteiger partial charge in [0.1, 0.15) is 6.33 Å². The molecule has 0 amide bonds. The van der Waals surface area contributed by atoms with Crippen molar-refractivity contribution >= 4 is 5.95 Å². The molecule has 2 fully saturated rings. The maximum atomic E-state index is 12.6. The van der Waals surface area contributed by atoms with Crippen LogP contribution in [0.3, 0.4) is 0 Å². The molecule has 4 heterocycles. The van der Waals surface area contributed by atoms with Crippen LogP contribution in [0.2, 0.25) is 0 Å². The molecule has 1 unspecified atom stereocenters. The van der Waals surface area contributed by atoms with Crippen molar-refractivity contribution in [3.63, 3.8) is 0 Å². The summed E-state index contributed by atoms with van der Waals surface area (Å²) >= 11 is 0. The topological polar surface area (TPSA) is 87.4 Å². The summed E-state index contributed by atoms with van der Waals surface area (Å²) in [5.41, 5.74) is 2.04. The van der Waals surface area contributed by atoms with E-state index in [-0.39, 0.29) is 11.6 Å². The molecule has 3 atom stereocenters. The Kier molecular flexibility index (Phi) is 4.80. The van der Waals surface area contributed by atoms with Crippen molar-refractivity contribution in [3.05, 3.63) is 70.9 Å². The lowest BCUT2D eigenvalue weighted by molar-refractivity contribution is 0.102. The number of aliphatic hydroxyl groups is 1. The highest BCUT2D eigenvalue weighted by Gasteiger charge is 2.45. The van der Waals surface area contributed by atoms with E-state index >= 15 is 0 Å². The summed E-state index contributed by atoms with van der Waals surface area (Å²) in [5.74, 6) is 0.673. The van der Waals surface area contributed by atoms with Gasteiger partial charge >= 0.3 is 0 Å². The van der Waals surface area contributed by atoms with Crippen LogP contribution in [0.25, 0.3) is 11.4 Å². The van der Waals surface area contributed by atoms with E-state index in [0.29, 0.717) is 29.9 Å². The molecule has 0 spiro atoms. The smallest absolute Gasteiger partial charge is 0.255 e. The number of rotatable bonds is 5. The Bertz CT molecular complexity index is 1090. The van der Waals surface area contributed by atoms with Crippen LogP contribution in [-0.2, 0) is 7.05 Å². The number of hydrogen-bond donors (Lipinski definition) is 1. The van der Waals surface area contributed by atoms with Crippen molar-refractivity contribution in [2.24, 2.45) is 7.05 Å². The minimum Gasteiger partial charge on any atom is -0.387 e. The second kappa shape index (κ2) is 7.62. The molecule has 2 aromatic heterocycles. The lowest BCUT2D eigenvalue weighted by atomic mass is 10.1. The van der Waals surface area contributed by atoms with Gasteiger partial charge in [-0.2, -0.15) is 0 Å². The Hall–Kier alpha value is -3.10. The Morgan fingerprint density at radius 3 is 2.67 bits per heavy atom. The van der Waals surface area contributed by atoms with Gasteiger partial charge in [0.2, 0.25) is 5.95 Å². The van der Waals surface area contributed by atoms with E-state index in [4.69, 9.17) is 4.98 Å². The number of aliphatic hydroxyl groups excluding tert-OH is 1. The fraction of sp³-hybridized carbons (Fsp3) is 0.364. The largest absolute Gasteiger partial charge is 0.387 e. The van der Waals surface area contributed by atoms with Crippen molar-refractivity contribution in [3.8, 4) is 11.4 Å². The zero-order valence-corrected chi connectivity index (χ0v) is 16.8. The van der Waals surface area contributed by atoms with Crippen molar-refractivity contribution in [2.45, 2.75) is 24.6 Å². The van der Waals surface area contributed by atoms with Crippen LogP contribution in [0.5, 0.6) is 0 Å². The summed E-state index contributed by atoms with van der Waals surface area (Å²) in [4.78, 5) is 30.1. The maximum Gasteiger partial charge on any atom is 0.255 e. The highest BCUT2D eigenvalue weighted by Crippen LogP contribution is 2.34. The third kappa shape index (κ3) is 3.38. The van der Waals surface area contributed by atoms with Crippen LogP contribution in [0, 0.1) is 0 Å². The van der Waals surface area contributed by atoms with Gasteiger partial charge in [0.05, 0.1) is 17.5 Å². The molecule has 5 rings (SSSR count). The highest BCUT2D eigenvalue weighted by atomic mass is 16.3. The first-order chi connectivity index (χ1) is 14.6. The summed E-state index contributed by atoms with van der Waals surface area (Å²) < 4.78 is 1.61. The predicted octanol–water partition coefficient (Wildman–Crippen LogP) is 1.23. The van der Waals surface area contributed by atoms with E-state index in [2.05, 4.69) is 19.8 Å². The van der Waals surface area contributed by atoms with Gasteiger partial charge < -0.3 is 10.0 Å². The van der Waals surface area contributed by atoms with E-state index < -0.39 is 6.10 Å². The molecule has 0 saturated carbocycles. The van der Waals surface area contributed by atoms with Gasteiger partial charge in [0, 0.05) is 51.0 Å². The molecule has 0 radical (unpaired) electrons. The van der Waals surface area contributed by atoms with Gasteiger partial charge in [-0.3, -0.25) is 14.3 Å². The average molecular weight is 404 g/mol. The average Bonchev–Trinajstić information content (AvgIpc) is 3.37. The van der Waals surface area contributed by atoms with Crippen LogP contribution < -0.4 is 10.5 Å². The summed E-state index contributed by atoms with van der Waals surface area (Å²) in [7, 11) is 1.76. The standard InChI is InChI=1S/C22H24N6O2/c1-26-21(30)10-19(18-7-8-23-14-24-18)25-22(26)28-12-16-9-17(28)11-27(16)13-20(29)15-5-3-2-4-6-15/h2-8,10,14,16-17,20,29H,9,11-13H2,1H3/t16?,17-,20+/m0/s1. The number of anilines is 1. The van der Waals surface area contributed by atoms with Crippen molar-refractivity contribution < 1.29 is 5.11 Å². The molecule has 8 heteroatoms. The first kappa shape index (κ1) is 18.9. The maximum absolute atomic E-state index is 12.6. The lowest BCUT2D eigenvalue weighted by Gasteiger charge is -2.36. The summed E-state index contributed by atoms with van der Waals surface area (Å²) in [6.07, 6.45) is 3.62. The minimum absolute atomic E-state index is 0.104. The van der Waals surface area contributed by atoms with E-state index in [9.17, 15) is 9.90 Å². The van der Waals surface area contributed by atoms with E-state index in [0.717, 1.165) is 25.1 Å². The third-order valence-corrected chi connectivity index (χ3v) is 6.16. The summed E-state index contributed by atoms with van der Waals surface area (Å²) in [5, 5.41) is 10.6. The molecule has 2 aliphatic rings. The lowest BCUT2D eigenvalue weighted by Crippen LogP contribution is -2.49. The molecule has 0 aliphatic carbocycles.